The average Bonchev–Trinajstić information content (AvgIpc) is 3.22. The second kappa shape index (κ2) is 8.18. The van der Waals surface area contributed by atoms with Gasteiger partial charge in [-0.05, 0) is 60.7 Å². The SMILES string of the molecule is COc1ccc(S(=O)(=O)N2CCOCC2)cc1NS(=O)(=O)c1ccc2c(c1)CCC2. The maximum Gasteiger partial charge on any atom is 0.262 e. The number of anilines is 1. The number of aryl methyl sites for hydroxylation is 2. The van der Waals surface area contributed by atoms with Gasteiger partial charge in [0.05, 0.1) is 35.8 Å². The van der Waals surface area contributed by atoms with Gasteiger partial charge in [0.15, 0.2) is 0 Å². The first-order chi connectivity index (χ1) is 14.3. The maximum absolute atomic E-state index is 13.0. The number of benzene rings is 2. The van der Waals surface area contributed by atoms with E-state index in [0.29, 0.717) is 13.2 Å². The van der Waals surface area contributed by atoms with E-state index >= 15 is 0 Å². The van der Waals surface area contributed by atoms with Gasteiger partial charge < -0.3 is 9.47 Å². The van der Waals surface area contributed by atoms with E-state index in [4.69, 9.17) is 9.47 Å². The van der Waals surface area contributed by atoms with Crippen LogP contribution in [0.15, 0.2) is 46.2 Å². The Kier molecular flexibility index (Phi) is 5.75. The van der Waals surface area contributed by atoms with Gasteiger partial charge in [-0.2, -0.15) is 4.31 Å². The summed E-state index contributed by atoms with van der Waals surface area (Å²) in [5.74, 6) is 0.237. The van der Waals surface area contributed by atoms with Crippen molar-refractivity contribution in [3.05, 3.63) is 47.5 Å². The van der Waals surface area contributed by atoms with Crippen LogP contribution >= 0.6 is 0 Å². The smallest absolute Gasteiger partial charge is 0.262 e. The van der Waals surface area contributed by atoms with Gasteiger partial charge in [0.25, 0.3) is 10.0 Å². The van der Waals surface area contributed by atoms with Crippen LogP contribution in [0, 0.1) is 0 Å². The number of nitrogens with zero attached hydrogens (tertiary/aromatic N) is 1. The van der Waals surface area contributed by atoms with Crippen molar-refractivity contribution in [3.63, 3.8) is 0 Å². The van der Waals surface area contributed by atoms with Gasteiger partial charge >= 0.3 is 0 Å². The van der Waals surface area contributed by atoms with Gasteiger partial charge in [-0.3, -0.25) is 4.72 Å². The summed E-state index contributed by atoms with van der Waals surface area (Å²) in [6.07, 6.45) is 2.83. The fourth-order valence-corrected chi connectivity index (χ4v) is 6.33. The van der Waals surface area contributed by atoms with Crippen LogP contribution in [0.4, 0.5) is 5.69 Å². The Morgan fingerprint density at radius 2 is 1.63 bits per heavy atom. The van der Waals surface area contributed by atoms with E-state index in [1.807, 2.05) is 6.07 Å². The van der Waals surface area contributed by atoms with Crippen LogP contribution in [0.2, 0.25) is 0 Å². The molecule has 2 aliphatic rings. The molecule has 1 heterocycles. The molecule has 2 aromatic rings. The van der Waals surface area contributed by atoms with E-state index in [-0.39, 0.29) is 34.3 Å². The van der Waals surface area contributed by atoms with E-state index in [9.17, 15) is 16.8 Å². The molecule has 4 rings (SSSR count). The number of fused-ring (bicyclic) bond motifs is 1. The third-order valence-corrected chi connectivity index (χ3v) is 8.66. The molecule has 8 nitrogen and oxygen atoms in total. The summed E-state index contributed by atoms with van der Waals surface area (Å²) in [4.78, 5) is 0.142. The first-order valence-electron chi connectivity index (χ1n) is 9.72. The van der Waals surface area contributed by atoms with Crippen LogP contribution < -0.4 is 9.46 Å². The van der Waals surface area contributed by atoms with Gasteiger partial charge in [0.2, 0.25) is 10.0 Å². The van der Waals surface area contributed by atoms with Gasteiger partial charge in [0, 0.05) is 13.1 Å². The summed E-state index contributed by atoms with van der Waals surface area (Å²) < 4.78 is 66.2. The molecular weight excluding hydrogens is 428 g/mol. The molecule has 162 valence electrons. The quantitative estimate of drug-likeness (QED) is 0.719. The second-order valence-electron chi connectivity index (χ2n) is 7.27. The molecular formula is C20H24N2O6S2. The van der Waals surface area contributed by atoms with Crippen LogP contribution in [-0.2, 0) is 37.6 Å². The molecule has 1 N–H and O–H groups in total. The molecule has 0 atom stereocenters. The van der Waals surface area contributed by atoms with Gasteiger partial charge in [-0.25, -0.2) is 16.8 Å². The van der Waals surface area contributed by atoms with E-state index in [1.165, 1.54) is 35.2 Å². The van der Waals surface area contributed by atoms with Gasteiger partial charge in [-0.1, -0.05) is 6.07 Å². The summed E-state index contributed by atoms with van der Waals surface area (Å²) in [6.45, 7) is 1.16. The van der Waals surface area contributed by atoms with Crippen LogP contribution in [0.25, 0.3) is 0 Å². The van der Waals surface area contributed by atoms with Gasteiger partial charge in [-0.15, -0.1) is 0 Å². The zero-order chi connectivity index (χ0) is 21.4. The molecule has 0 saturated carbocycles. The highest BCUT2D eigenvalue weighted by atomic mass is 32.2. The van der Waals surface area contributed by atoms with Crippen molar-refractivity contribution in [2.45, 2.75) is 29.1 Å². The molecule has 30 heavy (non-hydrogen) atoms. The third kappa shape index (κ3) is 4.04. The lowest BCUT2D eigenvalue weighted by Gasteiger charge is -2.26. The molecule has 0 unspecified atom stereocenters. The van der Waals surface area contributed by atoms with E-state index in [1.54, 1.807) is 12.1 Å². The Morgan fingerprint density at radius 1 is 0.933 bits per heavy atom. The van der Waals surface area contributed by atoms with Crippen molar-refractivity contribution in [3.8, 4) is 5.75 Å². The predicted molar refractivity (Wildman–Crippen MR) is 112 cm³/mol. The zero-order valence-electron chi connectivity index (χ0n) is 16.6. The fraction of sp³-hybridized carbons (Fsp3) is 0.400. The lowest BCUT2D eigenvalue weighted by atomic mass is 10.1. The average molecular weight is 453 g/mol. The highest BCUT2D eigenvalue weighted by Gasteiger charge is 2.28. The molecule has 1 saturated heterocycles. The third-order valence-electron chi connectivity index (χ3n) is 5.40. The van der Waals surface area contributed by atoms with Crippen LogP contribution in [0.5, 0.6) is 5.75 Å². The number of rotatable bonds is 6. The number of methoxy groups -OCH3 is 1. The summed E-state index contributed by atoms with van der Waals surface area (Å²) in [5, 5.41) is 0. The van der Waals surface area contributed by atoms with Crippen molar-refractivity contribution in [2.75, 3.05) is 38.1 Å². The fourth-order valence-electron chi connectivity index (χ4n) is 3.78. The van der Waals surface area contributed by atoms with Gasteiger partial charge in [0.1, 0.15) is 5.75 Å². The lowest BCUT2D eigenvalue weighted by molar-refractivity contribution is 0.0730. The Hall–Kier alpha value is -2.14. The second-order valence-corrected chi connectivity index (χ2v) is 10.9. The van der Waals surface area contributed by atoms with E-state index in [2.05, 4.69) is 4.72 Å². The number of hydrogen-bond donors (Lipinski definition) is 1. The van der Waals surface area contributed by atoms with Crippen molar-refractivity contribution in [1.29, 1.82) is 0 Å². The minimum Gasteiger partial charge on any atom is -0.495 e. The number of nitrogens with one attached hydrogen (secondary N) is 1. The number of ether oxygens (including phenoxy) is 2. The predicted octanol–water partition coefficient (Wildman–Crippen LogP) is 2.01. The minimum absolute atomic E-state index is 0.00291. The molecule has 0 spiro atoms. The molecule has 0 radical (unpaired) electrons. The van der Waals surface area contributed by atoms with Crippen LogP contribution in [0.3, 0.4) is 0 Å². The monoisotopic (exact) mass is 452 g/mol. The summed E-state index contributed by atoms with van der Waals surface area (Å²) in [7, 11) is -6.29. The molecule has 1 aliphatic heterocycles. The number of hydrogen-bond acceptors (Lipinski definition) is 6. The van der Waals surface area contributed by atoms with Crippen molar-refractivity contribution >= 4 is 25.7 Å². The number of sulfonamides is 2. The van der Waals surface area contributed by atoms with Crippen LogP contribution in [0.1, 0.15) is 17.5 Å². The Balaban J connectivity index is 1.67. The molecule has 2 aromatic carbocycles. The summed E-state index contributed by atoms with van der Waals surface area (Å²) in [5.41, 5.74) is 2.28. The van der Waals surface area contributed by atoms with Crippen molar-refractivity contribution < 1.29 is 26.3 Å². The number of morpholine rings is 1. The van der Waals surface area contributed by atoms with E-state index in [0.717, 1.165) is 24.8 Å². The molecule has 1 aliphatic carbocycles. The molecule has 0 aromatic heterocycles. The normalized spacial score (nSPS) is 17.5. The largest absolute Gasteiger partial charge is 0.495 e. The minimum atomic E-state index is -3.91. The molecule has 1 fully saturated rings. The molecule has 0 amide bonds. The Labute approximate surface area is 176 Å². The van der Waals surface area contributed by atoms with Crippen molar-refractivity contribution in [2.24, 2.45) is 0 Å². The maximum atomic E-state index is 13.0. The molecule has 10 heteroatoms. The standard InChI is InChI=1S/C20H24N2O6S2/c1-27-20-8-7-18(30(25,26)22-9-11-28-12-10-22)14-19(20)21-29(23,24)17-6-5-15-3-2-4-16(15)13-17/h5-8,13-14,21H,2-4,9-12H2,1H3. The lowest BCUT2D eigenvalue weighted by Crippen LogP contribution is -2.40. The van der Waals surface area contributed by atoms with Crippen LogP contribution in [-0.4, -0.2) is 54.6 Å². The highest BCUT2D eigenvalue weighted by molar-refractivity contribution is 7.92. The summed E-state index contributed by atoms with van der Waals surface area (Å²) >= 11 is 0. The highest BCUT2D eigenvalue weighted by Crippen LogP contribution is 2.32. The van der Waals surface area contributed by atoms with Crippen molar-refractivity contribution in [1.82, 2.24) is 4.31 Å². The first kappa shape index (κ1) is 21.1. The summed E-state index contributed by atoms with van der Waals surface area (Å²) in [6, 6.07) is 9.27. The molecule has 0 bridgehead atoms. The Morgan fingerprint density at radius 3 is 2.37 bits per heavy atom. The topological polar surface area (TPSA) is 102 Å². The first-order valence-corrected chi connectivity index (χ1v) is 12.6. The van der Waals surface area contributed by atoms with E-state index < -0.39 is 20.0 Å². The zero-order valence-corrected chi connectivity index (χ0v) is 18.3. The Bertz CT molecular complexity index is 1160.